The quantitative estimate of drug-likeness (QED) is 0.879. The number of ether oxygens (including phenoxy) is 1. The van der Waals surface area contributed by atoms with Crippen molar-refractivity contribution in [1.29, 1.82) is 0 Å². The second-order valence-electron chi connectivity index (χ2n) is 4.02. The number of nitrogens with two attached hydrogens (primary N) is 1. The molecular formula is C14H15N3O2. The summed E-state index contributed by atoms with van der Waals surface area (Å²) in [6, 6.07) is 10.6. The molecule has 1 heterocycles. The van der Waals surface area contributed by atoms with E-state index in [2.05, 4.69) is 10.3 Å². The highest BCUT2D eigenvalue weighted by atomic mass is 16.5. The van der Waals surface area contributed by atoms with Crippen molar-refractivity contribution in [3.8, 4) is 0 Å². The fourth-order valence-electron chi connectivity index (χ4n) is 1.68. The first kappa shape index (κ1) is 13.0. The van der Waals surface area contributed by atoms with Crippen LogP contribution in [0.3, 0.4) is 0 Å². The number of methoxy groups -OCH3 is 1. The molecule has 2 rings (SSSR count). The number of anilines is 2. The van der Waals surface area contributed by atoms with Crippen LogP contribution in [0.15, 0.2) is 42.6 Å². The van der Waals surface area contributed by atoms with E-state index in [1.54, 1.807) is 13.2 Å². The molecule has 0 aliphatic carbocycles. The van der Waals surface area contributed by atoms with E-state index >= 15 is 0 Å². The lowest BCUT2D eigenvalue weighted by Crippen LogP contribution is -2.15. The molecule has 0 unspecified atom stereocenters. The summed E-state index contributed by atoms with van der Waals surface area (Å²) in [4.78, 5) is 16.0. The summed E-state index contributed by atoms with van der Waals surface area (Å²) >= 11 is 0. The maximum atomic E-state index is 12.1. The molecule has 2 aromatic rings. The molecule has 19 heavy (non-hydrogen) atoms. The average molecular weight is 257 g/mol. The van der Waals surface area contributed by atoms with E-state index < -0.39 is 0 Å². The molecule has 1 aromatic heterocycles. The molecule has 0 aliphatic rings. The molecule has 0 saturated carbocycles. The zero-order chi connectivity index (χ0) is 13.7. The fraction of sp³-hybridized carbons (Fsp3) is 0.143. The van der Waals surface area contributed by atoms with Gasteiger partial charge in [-0.2, -0.15) is 0 Å². The maximum Gasteiger partial charge on any atom is 0.274 e. The Morgan fingerprint density at radius 2 is 2.16 bits per heavy atom. The molecular weight excluding hydrogens is 242 g/mol. The monoisotopic (exact) mass is 257 g/mol. The Morgan fingerprint density at radius 3 is 2.89 bits per heavy atom. The van der Waals surface area contributed by atoms with Gasteiger partial charge in [0.15, 0.2) is 0 Å². The molecule has 98 valence electrons. The molecule has 1 aromatic carbocycles. The topological polar surface area (TPSA) is 77.2 Å². The predicted octanol–water partition coefficient (Wildman–Crippen LogP) is 2.06. The van der Waals surface area contributed by atoms with Gasteiger partial charge in [-0.3, -0.25) is 9.78 Å². The third kappa shape index (κ3) is 3.29. The van der Waals surface area contributed by atoms with Crippen molar-refractivity contribution in [2.45, 2.75) is 6.61 Å². The third-order valence-corrected chi connectivity index (χ3v) is 2.58. The molecule has 0 saturated heterocycles. The van der Waals surface area contributed by atoms with Crippen LogP contribution in [0.5, 0.6) is 0 Å². The summed E-state index contributed by atoms with van der Waals surface area (Å²) in [5.74, 6) is -0.296. The summed E-state index contributed by atoms with van der Waals surface area (Å²) < 4.78 is 5.09. The summed E-state index contributed by atoms with van der Waals surface area (Å²) in [7, 11) is 1.61. The van der Waals surface area contributed by atoms with Crippen molar-refractivity contribution in [2.24, 2.45) is 0 Å². The van der Waals surface area contributed by atoms with Gasteiger partial charge in [-0.1, -0.05) is 18.2 Å². The van der Waals surface area contributed by atoms with Gasteiger partial charge in [0, 0.05) is 30.2 Å². The molecule has 1 amide bonds. The van der Waals surface area contributed by atoms with E-state index in [9.17, 15) is 4.79 Å². The molecule has 0 bridgehead atoms. The van der Waals surface area contributed by atoms with Crippen LogP contribution in [0.1, 0.15) is 16.1 Å². The van der Waals surface area contributed by atoms with Crippen LogP contribution in [0.2, 0.25) is 0 Å². The second kappa shape index (κ2) is 5.97. The van der Waals surface area contributed by atoms with Gasteiger partial charge in [0.2, 0.25) is 0 Å². The Bertz CT molecular complexity index is 584. The van der Waals surface area contributed by atoms with Crippen LogP contribution < -0.4 is 11.1 Å². The Labute approximate surface area is 111 Å². The van der Waals surface area contributed by atoms with Crippen molar-refractivity contribution < 1.29 is 9.53 Å². The van der Waals surface area contributed by atoms with Crippen molar-refractivity contribution >= 4 is 17.3 Å². The number of nitrogens with zero attached hydrogens (tertiary/aromatic N) is 1. The molecule has 5 heteroatoms. The van der Waals surface area contributed by atoms with Crippen LogP contribution in [0.4, 0.5) is 11.4 Å². The third-order valence-electron chi connectivity index (χ3n) is 2.58. The van der Waals surface area contributed by atoms with E-state index in [-0.39, 0.29) is 11.6 Å². The molecule has 0 atom stereocenters. The number of nitrogen functional groups attached to an aromatic ring is 1. The summed E-state index contributed by atoms with van der Waals surface area (Å²) in [6.45, 7) is 0.431. The van der Waals surface area contributed by atoms with E-state index in [4.69, 9.17) is 10.5 Å². The van der Waals surface area contributed by atoms with Gasteiger partial charge < -0.3 is 15.8 Å². The number of para-hydroxylation sites is 1. The number of rotatable bonds is 4. The number of pyridine rings is 1. The first-order valence-corrected chi connectivity index (χ1v) is 5.80. The molecule has 3 N–H and O–H groups in total. The van der Waals surface area contributed by atoms with E-state index in [1.165, 1.54) is 12.3 Å². The lowest BCUT2D eigenvalue weighted by molar-refractivity contribution is 0.102. The Kier molecular flexibility index (Phi) is 4.10. The summed E-state index contributed by atoms with van der Waals surface area (Å²) in [5, 5.41) is 2.80. The molecule has 0 aliphatic heterocycles. The second-order valence-corrected chi connectivity index (χ2v) is 4.02. The number of hydrogen-bond acceptors (Lipinski definition) is 4. The average Bonchev–Trinajstić information content (AvgIpc) is 2.41. The number of aromatic nitrogens is 1. The first-order valence-electron chi connectivity index (χ1n) is 5.80. The lowest BCUT2D eigenvalue weighted by Gasteiger charge is -2.10. The highest BCUT2D eigenvalue weighted by molar-refractivity contribution is 6.03. The van der Waals surface area contributed by atoms with Crippen molar-refractivity contribution in [3.05, 3.63) is 53.9 Å². The van der Waals surface area contributed by atoms with Crippen LogP contribution >= 0.6 is 0 Å². The van der Waals surface area contributed by atoms with Crippen LogP contribution in [-0.4, -0.2) is 18.0 Å². The lowest BCUT2D eigenvalue weighted by atomic mass is 10.2. The maximum absolute atomic E-state index is 12.1. The SMILES string of the molecule is COCc1ccccc1NC(=O)c1cc(N)ccn1. The van der Waals surface area contributed by atoms with Gasteiger partial charge in [0.25, 0.3) is 5.91 Å². The minimum absolute atomic E-state index is 0.284. The van der Waals surface area contributed by atoms with Gasteiger partial charge in [-0.15, -0.1) is 0 Å². The number of carbonyl (C=O) groups excluding carboxylic acids is 1. The fourth-order valence-corrected chi connectivity index (χ4v) is 1.68. The minimum Gasteiger partial charge on any atom is -0.399 e. The predicted molar refractivity (Wildman–Crippen MR) is 73.8 cm³/mol. The van der Waals surface area contributed by atoms with Gasteiger partial charge in [-0.25, -0.2) is 0 Å². The van der Waals surface area contributed by atoms with Gasteiger partial charge in [-0.05, 0) is 18.2 Å². The van der Waals surface area contributed by atoms with Gasteiger partial charge in [0.05, 0.1) is 6.61 Å². The smallest absolute Gasteiger partial charge is 0.274 e. The van der Waals surface area contributed by atoms with Crippen molar-refractivity contribution in [1.82, 2.24) is 4.98 Å². The molecule has 0 radical (unpaired) electrons. The highest BCUT2D eigenvalue weighted by Crippen LogP contribution is 2.17. The summed E-state index contributed by atoms with van der Waals surface area (Å²) in [5.41, 5.74) is 8.03. The number of amides is 1. The number of benzene rings is 1. The van der Waals surface area contributed by atoms with Crippen molar-refractivity contribution in [2.75, 3.05) is 18.2 Å². The van der Waals surface area contributed by atoms with Crippen LogP contribution in [0, 0.1) is 0 Å². The highest BCUT2D eigenvalue weighted by Gasteiger charge is 2.10. The largest absolute Gasteiger partial charge is 0.399 e. The Morgan fingerprint density at radius 1 is 1.37 bits per heavy atom. The first-order chi connectivity index (χ1) is 9.20. The van der Waals surface area contributed by atoms with Crippen molar-refractivity contribution in [3.63, 3.8) is 0 Å². The standard InChI is InChI=1S/C14H15N3O2/c1-19-9-10-4-2-3-5-12(10)17-14(18)13-8-11(15)6-7-16-13/h2-8H,9H2,1H3,(H2,15,16)(H,17,18). The zero-order valence-corrected chi connectivity index (χ0v) is 10.6. The molecule has 0 fully saturated rings. The van der Waals surface area contributed by atoms with E-state index in [0.29, 0.717) is 18.0 Å². The Balaban J connectivity index is 2.19. The molecule has 0 spiro atoms. The van der Waals surface area contributed by atoms with E-state index in [0.717, 1.165) is 5.56 Å². The van der Waals surface area contributed by atoms with E-state index in [1.807, 2.05) is 24.3 Å². The number of hydrogen-bond donors (Lipinski definition) is 2. The van der Waals surface area contributed by atoms with Crippen LogP contribution in [-0.2, 0) is 11.3 Å². The minimum atomic E-state index is -0.296. The number of nitrogens with one attached hydrogen (secondary N) is 1. The summed E-state index contributed by atoms with van der Waals surface area (Å²) in [6.07, 6.45) is 1.51. The van der Waals surface area contributed by atoms with Gasteiger partial charge in [0.1, 0.15) is 5.69 Å². The zero-order valence-electron chi connectivity index (χ0n) is 10.6. The van der Waals surface area contributed by atoms with Crippen LogP contribution in [0.25, 0.3) is 0 Å². The number of carbonyl (C=O) groups is 1. The molecule has 5 nitrogen and oxygen atoms in total. The normalized spacial score (nSPS) is 10.2. The van der Waals surface area contributed by atoms with Gasteiger partial charge >= 0.3 is 0 Å². The Hall–Kier alpha value is -2.40.